The van der Waals surface area contributed by atoms with E-state index in [-0.39, 0.29) is 0 Å². The molecule has 0 aromatic carbocycles. The molecule has 13 heavy (non-hydrogen) atoms. The topological polar surface area (TPSA) is 16.1 Å². The summed E-state index contributed by atoms with van der Waals surface area (Å²) in [5, 5.41) is 2.16. The smallest absolute Gasteiger partial charge is 0.0795 e. The first kappa shape index (κ1) is 9.16. The van der Waals surface area contributed by atoms with Crippen LogP contribution < -0.4 is 0 Å². The summed E-state index contributed by atoms with van der Waals surface area (Å²) in [6, 6.07) is 0. The van der Waals surface area contributed by atoms with Crippen molar-refractivity contribution in [2.45, 2.75) is 32.2 Å². The van der Waals surface area contributed by atoms with E-state index in [4.69, 9.17) is 0 Å². The Balaban J connectivity index is 1.86. The lowest BCUT2D eigenvalue weighted by molar-refractivity contribution is 0.274. The zero-order valence-corrected chi connectivity index (χ0v) is 8.72. The summed E-state index contributed by atoms with van der Waals surface area (Å²) in [5.41, 5.74) is 3.17. The van der Waals surface area contributed by atoms with Crippen LogP contribution in [0.3, 0.4) is 0 Å². The second-order valence-corrected chi connectivity index (χ2v) is 4.39. The fourth-order valence-electron chi connectivity index (χ4n) is 1.84. The molecule has 2 heterocycles. The molecule has 3 heteroatoms. The highest BCUT2D eigenvalue weighted by atomic mass is 32.1. The van der Waals surface area contributed by atoms with E-state index in [1.807, 2.05) is 5.51 Å². The van der Waals surface area contributed by atoms with Crippen molar-refractivity contribution >= 4 is 11.3 Å². The number of likely N-dealkylation sites (tertiary alicyclic amines) is 1. The van der Waals surface area contributed by atoms with Gasteiger partial charge in [-0.2, -0.15) is 0 Å². The molecule has 0 bridgehead atoms. The minimum atomic E-state index is 1.06. The summed E-state index contributed by atoms with van der Waals surface area (Å²) >= 11 is 1.70. The average molecular weight is 196 g/mol. The van der Waals surface area contributed by atoms with E-state index in [0.717, 1.165) is 6.54 Å². The Labute approximate surface area is 83.6 Å². The molecule has 2 nitrogen and oxygen atoms in total. The third-order valence-electron chi connectivity index (χ3n) is 2.57. The molecule has 2 rings (SSSR count). The molecule has 1 fully saturated rings. The van der Waals surface area contributed by atoms with Gasteiger partial charge in [0.1, 0.15) is 0 Å². The summed E-state index contributed by atoms with van der Waals surface area (Å²) < 4.78 is 0. The minimum Gasteiger partial charge on any atom is -0.297 e. The standard InChI is InChI=1S/C10H16N2S/c1-2-4-6-12(5-3-1)7-10-8-13-9-11-10/h8-9H,1-7H2. The number of rotatable bonds is 2. The van der Waals surface area contributed by atoms with E-state index >= 15 is 0 Å². The van der Waals surface area contributed by atoms with Crippen molar-refractivity contribution in [2.75, 3.05) is 13.1 Å². The van der Waals surface area contributed by atoms with Gasteiger partial charge in [0, 0.05) is 11.9 Å². The Kier molecular flexibility index (Phi) is 3.33. The van der Waals surface area contributed by atoms with E-state index in [1.165, 1.54) is 44.5 Å². The van der Waals surface area contributed by atoms with E-state index in [1.54, 1.807) is 11.3 Å². The Morgan fingerprint density at radius 3 is 2.62 bits per heavy atom. The number of nitrogens with zero attached hydrogens (tertiary/aromatic N) is 2. The second-order valence-electron chi connectivity index (χ2n) is 3.67. The van der Waals surface area contributed by atoms with Crippen molar-refractivity contribution in [3.8, 4) is 0 Å². The second kappa shape index (κ2) is 4.72. The lowest BCUT2D eigenvalue weighted by Gasteiger charge is -2.17. The van der Waals surface area contributed by atoms with Crippen molar-refractivity contribution in [3.05, 3.63) is 16.6 Å². The van der Waals surface area contributed by atoms with Crippen molar-refractivity contribution < 1.29 is 0 Å². The summed E-state index contributed by atoms with van der Waals surface area (Å²) in [5.74, 6) is 0. The predicted octanol–water partition coefficient (Wildman–Crippen LogP) is 2.52. The zero-order valence-electron chi connectivity index (χ0n) is 7.91. The number of aromatic nitrogens is 1. The summed E-state index contributed by atoms with van der Waals surface area (Å²) in [4.78, 5) is 6.85. The molecule has 0 atom stereocenters. The predicted molar refractivity (Wildman–Crippen MR) is 55.9 cm³/mol. The van der Waals surface area contributed by atoms with Gasteiger partial charge in [-0.1, -0.05) is 12.8 Å². The van der Waals surface area contributed by atoms with Crippen LogP contribution in [-0.4, -0.2) is 23.0 Å². The van der Waals surface area contributed by atoms with Crippen molar-refractivity contribution in [1.29, 1.82) is 0 Å². The van der Waals surface area contributed by atoms with Crippen LogP contribution in [0, 0.1) is 0 Å². The first-order valence-corrected chi connectivity index (χ1v) is 5.99. The highest BCUT2D eigenvalue weighted by molar-refractivity contribution is 7.07. The number of hydrogen-bond acceptors (Lipinski definition) is 3. The van der Waals surface area contributed by atoms with E-state index in [9.17, 15) is 0 Å². The van der Waals surface area contributed by atoms with Gasteiger partial charge in [0.15, 0.2) is 0 Å². The quantitative estimate of drug-likeness (QED) is 0.722. The third kappa shape index (κ3) is 2.78. The van der Waals surface area contributed by atoms with Crippen molar-refractivity contribution in [1.82, 2.24) is 9.88 Å². The van der Waals surface area contributed by atoms with Crippen molar-refractivity contribution in [3.63, 3.8) is 0 Å². The molecule has 0 amide bonds. The van der Waals surface area contributed by atoms with Gasteiger partial charge in [0.25, 0.3) is 0 Å². The van der Waals surface area contributed by atoms with Crippen LogP contribution in [0.2, 0.25) is 0 Å². The van der Waals surface area contributed by atoms with Crippen LogP contribution in [0.4, 0.5) is 0 Å². The normalized spacial score (nSPS) is 20.0. The molecule has 1 saturated heterocycles. The van der Waals surface area contributed by atoms with Crippen LogP contribution in [0.5, 0.6) is 0 Å². The van der Waals surface area contributed by atoms with Crippen molar-refractivity contribution in [2.24, 2.45) is 0 Å². The first-order valence-electron chi connectivity index (χ1n) is 5.04. The van der Waals surface area contributed by atoms with Gasteiger partial charge in [-0.3, -0.25) is 4.90 Å². The molecule has 72 valence electrons. The molecule has 1 aromatic heterocycles. The summed E-state index contributed by atoms with van der Waals surface area (Å²) in [7, 11) is 0. The number of thiazole rings is 1. The van der Waals surface area contributed by atoms with Gasteiger partial charge in [-0.25, -0.2) is 4.98 Å². The van der Waals surface area contributed by atoms with Crippen LogP contribution in [-0.2, 0) is 6.54 Å². The maximum atomic E-state index is 4.32. The van der Waals surface area contributed by atoms with Gasteiger partial charge in [0.2, 0.25) is 0 Å². The lowest BCUT2D eigenvalue weighted by atomic mass is 10.2. The fraction of sp³-hybridized carbons (Fsp3) is 0.700. The average Bonchev–Trinajstić information content (AvgIpc) is 2.49. The Morgan fingerprint density at radius 1 is 1.23 bits per heavy atom. The monoisotopic (exact) mass is 196 g/mol. The van der Waals surface area contributed by atoms with Gasteiger partial charge in [0.05, 0.1) is 11.2 Å². The molecule has 0 unspecified atom stereocenters. The highest BCUT2D eigenvalue weighted by Crippen LogP contribution is 2.12. The lowest BCUT2D eigenvalue weighted by Crippen LogP contribution is -2.24. The molecular weight excluding hydrogens is 180 g/mol. The summed E-state index contributed by atoms with van der Waals surface area (Å²) in [6.45, 7) is 3.58. The molecule has 0 saturated carbocycles. The van der Waals surface area contributed by atoms with Gasteiger partial charge in [-0.05, 0) is 25.9 Å². The Bertz CT molecular complexity index is 225. The molecule has 1 aliphatic rings. The highest BCUT2D eigenvalue weighted by Gasteiger charge is 2.09. The number of hydrogen-bond donors (Lipinski definition) is 0. The molecule has 0 spiro atoms. The molecule has 1 aliphatic heterocycles. The first-order chi connectivity index (χ1) is 6.45. The minimum absolute atomic E-state index is 1.06. The van der Waals surface area contributed by atoms with E-state index in [0.29, 0.717) is 0 Å². The van der Waals surface area contributed by atoms with Crippen LogP contribution in [0.25, 0.3) is 0 Å². The van der Waals surface area contributed by atoms with Crippen LogP contribution >= 0.6 is 11.3 Å². The third-order valence-corrected chi connectivity index (χ3v) is 3.20. The Hall–Kier alpha value is -0.410. The molecule has 0 aliphatic carbocycles. The zero-order chi connectivity index (χ0) is 8.93. The SMILES string of the molecule is c1nc(CN2CCCCCC2)cs1. The maximum absolute atomic E-state index is 4.32. The van der Waals surface area contributed by atoms with Crippen LogP contribution in [0.15, 0.2) is 10.9 Å². The van der Waals surface area contributed by atoms with Gasteiger partial charge >= 0.3 is 0 Å². The summed E-state index contributed by atoms with van der Waals surface area (Å²) in [6.07, 6.45) is 5.55. The molecule has 0 N–H and O–H groups in total. The largest absolute Gasteiger partial charge is 0.297 e. The van der Waals surface area contributed by atoms with Gasteiger partial charge < -0.3 is 0 Å². The maximum Gasteiger partial charge on any atom is 0.0795 e. The molecule has 1 aromatic rings. The van der Waals surface area contributed by atoms with E-state index in [2.05, 4.69) is 15.3 Å². The van der Waals surface area contributed by atoms with E-state index < -0.39 is 0 Å². The van der Waals surface area contributed by atoms with Gasteiger partial charge in [-0.15, -0.1) is 11.3 Å². The molecular formula is C10H16N2S. The molecule has 0 radical (unpaired) electrons. The van der Waals surface area contributed by atoms with Crippen LogP contribution in [0.1, 0.15) is 31.4 Å². The fourth-order valence-corrected chi connectivity index (χ4v) is 2.39. The Morgan fingerprint density at radius 2 is 2.00 bits per heavy atom.